The number of rotatable bonds is 5. The zero-order valence-corrected chi connectivity index (χ0v) is 12.7. The van der Waals surface area contributed by atoms with Gasteiger partial charge in [0, 0.05) is 44.8 Å². The standard InChI is InChI=1S/C16H23N5/c1-20-7-5-14(16(20)13-4-3-6-17-8-13)9-18-10-15-11-19-12-21(15)2/h3-4,6,8,11-12,14,16,18H,5,7,9-10H2,1-2H3/t14-,16-/m0/s1. The van der Waals surface area contributed by atoms with Gasteiger partial charge >= 0.3 is 0 Å². The Balaban J connectivity index is 1.60. The van der Waals surface area contributed by atoms with Crippen molar-refractivity contribution in [3.8, 4) is 0 Å². The molecular weight excluding hydrogens is 262 g/mol. The lowest BCUT2D eigenvalue weighted by Gasteiger charge is -2.25. The summed E-state index contributed by atoms with van der Waals surface area (Å²) in [5.74, 6) is 0.632. The topological polar surface area (TPSA) is 46.0 Å². The first-order chi connectivity index (χ1) is 10.3. The smallest absolute Gasteiger partial charge is 0.0945 e. The largest absolute Gasteiger partial charge is 0.337 e. The highest BCUT2D eigenvalue weighted by Gasteiger charge is 2.32. The number of aromatic nitrogens is 3. The third-order valence-electron chi connectivity index (χ3n) is 4.43. The van der Waals surface area contributed by atoms with Gasteiger partial charge in [-0.05, 0) is 37.6 Å². The molecule has 1 fully saturated rings. The number of hydrogen-bond acceptors (Lipinski definition) is 4. The fourth-order valence-corrected chi connectivity index (χ4v) is 3.26. The maximum absolute atomic E-state index is 4.27. The molecule has 0 aromatic carbocycles. The molecule has 5 nitrogen and oxygen atoms in total. The first-order valence-corrected chi connectivity index (χ1v) is 7.52. The molecule has 112 valence electrons. The number of pyridine rings is 1. The molecule has 0 bridgehead atoms. The first-order valence-electron chi connectivity index (χ1n) is 7.52. The van der Waals surface area contributed by atoms with E-state index in [9.17, 15) is 0 Å². The van der Waals surface area contributed by atoms with Gasteiger partial charge in [-0.3, -0.25) is 9.88 Å². The molecule has 2 aromatic rings. The van der Waals surface area contributed by atoms with Gasteiger partial charge < -0.3 is 9.88 Å². The minimum atomic E-state index is 0.470. The normalized spacial score (nSPS) is 22.8. The van der Waals surface area contributed by atoms with E-state index in [1.807, 2.05) is 38.0 Å². The summed E-state index contributed by atoms with van der Waals surface area (Å²) in [6, 6.07) is 4.69. The lowest BCUT2D eigenvalue weighted by molar-refractivity contribution is 0.271. The highest BCUT2D eigenvalue weighted by atomic mass is 15.2. The van der Waals surface area contributed by atoms with Gasteiger partial charge in [-0.15, -0.1) is 0 Å². The fourth-order valence-electron chi connectivity index (χ4n) is 3.26. The molecule has 1 aliphatic rings. The summed E-state index contributed by atoms with van der Waals surface area (Å²) in [5.41, 5.74) is 2.55. The van der Waals surface area contributed by atoms with E-state index in [0.717, 1.165) is 19.6 Å². The fraction of sp³-hybridized carbons (Fsp3) is 0.500. The van der Waals surface area contributed by atoms with Crippen molar-refractivity contribution >= 4 is 0 Å². The Morgan fingerprint density at radius 1 is 1.29 bits per heavy atom. The molecule has 0 aliphatic carbocycles. The van der Waals surface area contributed by atoms with Crippen LogP contribution in [0.4, 0.5) is 0 Å². The van der Waals surface area contributed by atoms with Gasteiger partial charge in [0.05, 0.1) is 12.0 Å². The molecule has 0 spiro atoms. The summed E-state index contributed by atoms with van der Waals surface area (Å²) in [6.45, 7) is 3.04. The van der Waals surface area contributed by atoms with Gasteiger partial charge in [-0.2, -0.15) is 0 Å². The average Bonchev–Trinajstić information content (AvgIpc) is 3.07. The van der Waals surface area contributed by atoms with Crippen molar-refractivity contribution < 1.29 is 0 Å². The number of nitrogens with one attached hydrogen (secondary N) is 1. The van der Waals surface area contributed by atoms with E-state index >= 15 is 0 Å². The molecule has 0 saturated carbocycles. The second-order valence-corrected chi connectivity index (χ2v) is 5.89. The van der Waals surface area contributed by atoms with Crippen molar-refractivity contribution in [1.29, 1.82) is 0 Å². The summed E-state index contributed by atoms with van der Waals surface area (Å²) in [4.78, 5) is 10.9. The highest BCUT2D eigenvalue weighted by Crippen LogP contribution is 2.35. The van der Waals surface area contributed by atoms with E-state index in [-0.39, 0.29) is 0 Å². The molecule has 21 heavy (non-hydrogen) atoms. The minimum Gasteiger partial charge on any atom is -0.337 e. The van der Waals surface area contributed by atoms with Gasteiger partial charge in [-0.1, -0.05) is 6.07 Å². The Labute approximate surface area is 126 Å². The van der Waals surface area contributed by atoms with Crippen LogP contribution in [0.3, 0.4) is 0 Å². The van der Waals surface area contributed by atoms with E-state index < -0.39 is 0 Å². The maximum Gasteiger partial charge on any atom is 0.0945 e. The molecule has 0 amide bonds. The van der Waals surface area contributed by atoms with Crippen LogP contribution >= 0.6 is 0 Å². The van der Waals surface area contributed by atoms with Crippen LogP contribution in [0.2, 0.25) is 0 Å². The van der Waals surface area contributed by atoms with Crippen LogP contribution in [-0.2, 0) is 13.6 Å². The Hall–Kier alpha value is -1.72. The zero-order chi connectivity index (χ0) is 14.7. The van der Waals surface area contributed by atoms with E-state index in [1.165, 1.54) is 17.7 Å². The van der Waals surface area contributed by atoms with Gasteiger partial charge in [0.25, 0.3) is 0 Å². The number of aryl methyl sites for hydroxylation is 1. The molecule has 0 radical (unpaired) electrons. The van der Waals surface area contributed by atoms with Crippen LogP contribution < -0.4 is 5.32 Å². The van der Waals surface area contributed by atoms with E-state index in [0.29, 0.717) is 12.0 Å². The van der Waals surface area contributed by atoms with Crippen molar-refractivity contribution in [2.24, 2.45) is 13.0 Å². The second kappa shape index (κ2) is 6.37. The predicted octanol–water partition coefficient (Wildman–Crippen LogP) is 1.60. The molecule has 3 rings (SSSR count). The Morgan fingerprint density at radius 3 is 2.90 bits per heavy atom. The van der Waals surface area contributed by atoms with Crippen molar-refractivity contribution in [2.75, 3.05) is 20.1 Å². The lowest BCUT2D eigenvalue weighted by Crippen LogP contribution is -2.28. The van der Waals surface area contributed by atoms with Crippen molar-refractivity contribution in [2.45, 2.75) is 19.0 Å². The molecular formula is C16H23N5. The van der Waals surface area contributed by atoms with Crippen LogP contribution in [0, 0.1) is 5.92 Å². The summed E-state index contributed by atoms with van der Waals surface area (Å²) in [7, 11) is 4.24. The lowest BCUT2D eigenvalue weighted by atomic mass is 9.95. The molecule has 3 heterocycles. The van der Waals surface area contributed by atoms with Crippen LogP contribution in [0.5, 0.6) is 0 Å². The van der Waals surface area contributed by atoms with Crippen molar-refractivity contribution in [3.05, 3.63) is 48.3 Å². The highest BCUT2D eigenvalue weighted by molar-refractivity contribution is 5.17. The Kier molecular flexibility index (Phi) is 4.31. The van der Waals surface area contributed by atoms with Crippen LogP contribution in [0.15, 0.2) is 37.1 Å². The summed E-state index contributed by atoms with van der Waals surface area (Å²) >= 11 is 0. The van der Waals surface area contributed by atoms with Gasteiger partial charge in [-0.25, -0.2) is 4.98 Å². The quantitative estimate of drug-likeness (QED) is 0.906. The van der Waals surface area contributed by atoms with Gasteiger partial charge in [0.15, 0.2) is 0 Å². The summed E-state index contributed by atoms with van der Waals surface area (Å²) in [5, 5.41) is 3.58. The maximum atomic E-state index is 4.27. The molecule has 2 atom stereocenters. The number of imidazole rings is 1. The van der Waals surface area contributed by atoms with Crippen LogP contribution in [0.1, 0.15) is 23.7 Å². The minimum absolute atomic E-state index is 0.470. The number of hydrogen-bond donors (Lipinski definition) is 1. The van der Waals surface area contributed by atoms with Crippen molar-refractivity contribution in [1.82, 2.24) is 24.8 Å². The molecule has 1 N–H and O–H groups in total. The van der Waals surface area contributed by atoms with E-state index in [1.54, 1.807) is 0 Å². The monoisotopic (exact) mass is 285 g/mol. The predicted molar refractivity (Wildman–Crippen MR) is 82.6 cm³/mol. The molecule has 1 aliphatic heterocycles. The van der Waals surface area contributed by atoms with Gasteiger partial charge in [0.1, 0.15) is 0 Å². The second-order valence-electron chi connectivity index (χ2n) is 5.89. The molecule has 5 heteroatoms. The van der Waals surface area contributed by atoms with Gasteiger partial charge in [0.2, 0.25) is 0 Å². The number of nitrogens with zero attached hydrogens (tertiary/aromatic N) is 4. The van der Waals surface area contributed by atoms with Crippen LogP contribution in [-0.4, -0.2) is 39.6 Å². The Bertz CT molecular complexity index is 565. The number of likely N-dealkylation sites (tertiary alicyclic amines) is 1. The molecule has 2 aromatic heterocycles. The van der Waals surface area contributed by atoms with E-state index in [2.05, 4.69) is 37.9 Å². The third kappa shape index (κ3) is 3.14. The first kappa shape index (κ1) is 14.2. The SMILES string of the molecule is CN1CC[C@@H](CNCc2cncn2C)[C@@H]1c1cccnc1. The summed E-state index contributed by atoms with van der Waals surface area (Å²) < 4.78 is 2.06. The molecule has 0 unspecified atom stereocenters. The third-order valence-corrected chi connectivity index (χ3v) is 4.43. The van der Waals surface area contributed by atoms with Crippen LogP contribution in [0.25, 0.3) is 0 Å². The summed E-state index contributed by atoms with van der Waals surface area (Å²) in [6.07, 6.45) is 8.84. The Morgan fingerprint density at radius 2 is 2.19 bits per heavy atom. The van der Waals surface area contributed by atoms with Crippen molar-refractivity contribution in [3.63, 3.8) is 0 Å². The molecule has 1 saturated heterocycles. The zero-order valence-electron chi connectivity index (χ0n) is 12.7. The average molecular weight is 285 g/mol. The van der Waals surface area contributed by atoms with E-state index in [4.69, 9.17) is 0 Å².